The van der Waals surface area contributed by atoms with E-state index in [0.717, 1.165) is 17.5 Å². The van der Waals surface area contributed by atoms with Crippen LogP contribution in [0.25, 0.3) is 11.0 Å². The molecule has 6 nitrogen and oxygen atoms in total. The van der Waals surface area contributed by atoms with Crippen molar-refractivity contribution in [2.45, 2.75) is 25.8 Å². The molecule has 0 fully saturated rings. The van der Waals surface area contributed by atoms with E-state index in [-0.39, 0.29) is 17.1 Å². The molecule has 5 rings (SSSR count). The van der Waals surface area contributed by atoms with E-state index in [0.29, 0.717) is 47.6 Å². The van der Waals surface area contributed by atoms with E-state index < -0.39 is 6.04 Å². The number of rotatable bonds is 8. The molecule has 35 heavy (non-hydrogen) atoms. The molecule has 6 heteroatoms. The van der Waals surface area contributed by atoms with E-state index >= 15 is 0 Å². The lowest BCUT2D eigenvalue weighted by atomic mass is 9.97. The Labute approximate surface area is 203 Å². The number of para-hydroxylation sites is 1. The number of hydrogen-bond donors (Lipinski definition) is 0. The molecule has 0 aliphatic carbocycles. The second-order valence-corrected chi connectivity index (χ2v) is 8.57. The molecule has 1 amide bonds. The van der Waals surface area contributed by atoms with Gasteiger partial charge in [0.15, 0.2) is 16.9 Å². The minimum atomic E-state index is -0.587. The van der Waals surface area contributed by atoms with Crippen LogP contribution in [0, 0.1) is 0 Å². The zero-order valence-corrected chi connectivity index (χ0v) is 19.8. The molecule has 0 saturated heterocycles. The third-order valence-corrected chi connectivity index (χ3v) is 6.32. The monoisotopic (exact) mass is 469 g/mol. The molecule has 1 atom stereocenters. The van der Waals surface area contributed by atoms with Gasteiger partial charge in [0, 0.05) is 6.54 Å². The Balaban J connectivity index is 1.62. The number of ether oxygens (including phenoxy) is 2. The van der Waals surface area contributed by atoms with Gasteiger partial charge in [0.05, 0.1) is 30.7 Å². The topological polar surface area (TPSA) is 69.0 Å². The highest BCUT2D eigenvalue weighted by Crippen LogP contribution is 2.41. The number of methoxy groups -OCH3 is 1. The summed E-state index contributed by atoms with van der Waals surface area (Å²) < 4.78 is 17.4. The van der Waals surface area contributed by atoms with E-state index in [2.05, 4.69) is 0 Å². The molecule has 0 bridgehead atoms. The van der Waals surface area contributed by atoms with Crippen molar-refractivity contribution < 1.29 is 18.7 Å². The summed E-state index contributed by atoms with van der Waals surface area (Å²) in [5.74, 6) is 1.01. The quantitative estimate of drug-likeness (QED) is 0.347. The standard InChI is InChI=1S/C29H27NO5/c1-3-17-34-23-14-13-20(18-24(23)33-2)26-25-27(31)21-11-7-8-12-22(21)35-28(25)29(32)30(26)16-15-19-9-5-4-6-10-19/h4-14,18,26H,3,15-17H2,1-2H3. The number of amides is 1. The highest BCUT2D eigenvalue weighted by atomic mass is 16.5. The van der Waals surface area contributed by atoms with Gasteiger partial charge >= 0.3 is 0 Å². The average Bonchev–Trinajstić information content (AvgIpc) is 3.18. The second kappa shape index (κ2) is 9.66. The summed E-state index contributed by atoms with van der Waals surface area (Å²) in [6.07, 6.45) is 1.52. The van der Waals surface area contributed by atoms with E-state index in [1.165, 1.54) is 0 Å². The summed E-state index contributed by atoms with van der Waals surface area (Å²) in [5, 5.41) is 0.462. The number of hydrogen-bond acceptors (Lipinski definition) is 5. The molecule has 1 aromatic heterocycles. The smallest absolute Gasteiger partial charge is 0.290 e. The molecule has 1 aliphatic heterocycles. The molecule has 0 saturated carbocycles. The van der Waals surface area contributed by atoms with Gasteiger partial charge in [-0.25, -0.2) is 0 Å². The Bertz CT molecular complexity index is 1430. The Morgan fingerprint density at radius 3 is 2.49 bits per heavy atom. The zero-order valence-electron chi connectivity index (χ0n) is 19.8. The maximum Gasteiger partial charge on any atom is 0.290 e. The first-order valence-electron chi connectivity index (χ1n) is 11.8. The van der Waals surface area contributed by atoms with Crippen molar-refractivity contribution in [3.63, 3.8) is 0 Å². The van der Waals surface area contributed by atoms with Crippen molar-refractivity contribution in [2.75, 3.05) is 20.3 Å². The number of benzene rings is 3. The molecular weight excluding hydrogens is 442 g/mol. The first-order valence-corrected chi connectivity index (χ1v) is 11.8. The van der Waals surface area contributed by atoms with Crippen molar-refractivity contribution in [3.05, 3.63) is 105 Å². The van der Waals surface area contributed by atoms with Gasteiger partial charge in [0.2, 0.25) is 5.76 Å². The summed E-state index contributed by atoms with van der Waals surface area (Å²) in [7, 11) is 1.58. The van der Waals surface area contributed by atoms with Crippen LogP contribution < -0.4 is 14.9 Å². The van der Waals surface area contributed by atoms with Crippen molar-refractivity contribution in [1.82, 2.24) is 4.90 Å². The van der Waals surface area contributed by atoms with Crippen LogP contribution in [0.2, 0.25) is 0 Å². The van der Waals surface area contributed by atoms with Crippen LogP contribution in [0.3, 0.4) is 0 Å². The number of nitrogens with zero attached hydrogens (tertiary/aromatic N) is 1. The fraction of sp³-hybridized carbons (Fsp3) is 0.241. The number of carbonyl (C=O) groups is 1. The normalized spacial score (nSPS) is 14.9. The fourth-order valence-corrected chi connectivity index (χ4v) is 4.62. The molecule has 0 radical (unpaired) electrons. The molecule has 1 aliphatic rings. The Kier molecular flexibility index (Phi) is 6.27. The first-order chi connectivity index (χ1) is 17.1. The van der Waals surface area contributed by atoms with Gasteiger partial charge in [-0.1, -0.05) is 55.5 Å². The van der Waals surface area contributed by atoms with Gasteiger partial charge in [0.1, 0.15) is 5.58 Å². The molecule has 4 aromatic rings. The maximum absolute atomic E-state index is 13.6. The van der Waals surface area contributed by atoms with Crippen LogP contribution in [0.4, 0.5) is 0 Å². The van der Waals surface area contributed by atoms with Crippen molar-refractivity contribution >= 4 is 16.9 Å². The van der Waals surface area contributed by atoms with Crippen molar-refractivity contribution in [3.8, 4) is 11.5 Å². The van der Waals surface area contributed by atoms with Crippen LogP contribution in [0.15, 0.2) is 82.0 Å². The molecular formula is C29H27NO5. The van der Waals surface area contributed by atoms with Gasteiger partial charge in [0.25, 0.3) is 5.91 Å². The predicted octanol–water partition coefficient (Wildman–Crippen LogP) is 5.38. The van der Waals surface area contributed by atoms with Gasteiger partial charge in [-0.05, 0) is 48.2 Å². The number of carbonyl (C=O) groups excluding carboxylic acids is 1. The first kappa shape index (κ1) is 22.7. The molecule has 0 N–H and O–H groups in total. The van der Waals surface area contributed by atoms with Gasteiger partial charge < -0.3 is 18.8 Å². The highest BCUT2D eigenvalue weighted by Gasteiger charge is 2.42. The van der Waals surface area contributed by atoms with E-state index in [1.807, 2.05) is 55.5 Å². The van der Waals surface area contributed by atoms with Gasteiger partial charge in [-0.3, -0.25) is 9.59 Å². The SMILES string of the molecule is CCCOc1ccc(C2c3c(oc4ccccc4c3=O)C(=O)N2CCc2ccccc2)cc1OC. The van der Waals surface area contributed by atoms with Crippen LogP contribution >= 0.6 is 0 Å². The molecule has 2 heterocycles. The van der Waals surface area contributed by atoms with Gasteiger partial charge in [-0.2, -0.15) is 0 Å². The third kappa shape index (κ3) is 4.16. The highest BCUT2D eigenvalue weighted by molar-refractivity contribution is 5.99. The maximum atomic E-state index is 13.6. The summed E-state index contributed by atoms with van der Waals surface area (Å²) in [6, 6.07) is 22.0. The lowest BCUT2D eigenvalue weighted by Gasteiger charge is -2.26. The minimum absolute atomic E-state index is 0.108. The summed E-state index contributed by atoms with van der Waals surface area (Å²) in [5.41, 5.74) is 2.47. The molecule has 3 aromatic carbocycles. The second-order valence-electron chi connectivity index (χ2n) is 8.57. The van der Waals surface area contributed by atoms with Gasteiger partial charge in [-0.15, -0.1) is 0 Å². The average molecular weight is 470 g/mol. The Morgan fingerprint density at radius 2 is 1.71 bits per heavy atom. The van der Waals surface area contributed by atoms with E-state index in [4.69, 9.17) is 13.9 Å². The summed E-state index contributed by atoms with van der Waals surface area (Å²) in [6.45, 7) is 3.04. The minimum Gasteiger partial charge on any atom is -0.493 e. The predicted molar refractivity (Wildman–Crippen MR) is 134 cm³/mol. The largest absolute Gasteiger partial charge is 0.493 e. The molecule has 1 unspecified atom stereocenters. The lowest BCUT2D eigenvalue weighted by molar-refractivity contribution is 0.0730. The van der Waals surface area contributed by atoms with Crippen LogP contribution in [0.1, 0.15) is 46.6 Å². The third-order valence-electron chi connectivity index (χ3n) is 6.32. The Hall–Kier alpha value is -4.06. The van der Waals surface area contributed by atoms with Crippen molar-refractivity contribution in [2.24, 2.45) is 0 Å². The lowest BCUT2D eigenvalue weighted by Crippen LogP contribution is -2.31. The zero-order chi connectivity index (χ0) is 24.4. The van der Waals surface area contributed by atoms with E-state index in [1.54, 1.807) is 36.3 Å². The molecule has 0 spiro atoms. The van der Waals surface area contributed by atoms with Crippen LogP contribution in [-0.4, -0.2) is 31.1 Å². The van der Waals surface area contributed by atoms with Crippen molar-refractivity contribution in [1.29, 1.82) is 0 Å². The fourth-order valence-electron chi connectivity index (χ4n) is 4.62. The van der Waals surface area contributed by atoms with E-state index in [9.17, 15) is 9.59 Å². The molecule has 178 valence electrons. The summed E-state index contributed by atoms with van der Waals surface area (Å²) >= 11 is 0. The van der Waals surface area contributed by atoms with Crippen LogP contribution in [0.5, 0.6) is 11.5 Å². The Morgan fingerprint density at radius 1 is 0.943 bits per heavy atom. The van der Waals surface area contributed by atoms with Crippen LogP contribution in [-0.2, 0) is 6.42 Å². The number of fused-ring (bicyclic) bond motifs is 2. The summed E-state index contributed by atoms with van der Waals surface area (Å²) in [4.78, 5) is 29.0.